The third-order valence-corrected chi connectivity index (χ3v) is 3.80. The van der Waals surface area contributed by atoms with Crippen molar-refractivity contribution < 1.29 is 4.79 Å². The molecule has 1 N–H and O–H groups in total. The molecule has 0 saturated carbocycles. The monoisotopic (exact) mass is 268 g/mol. The smallest absolute Gasteiger partial charge is 0.246 e. The molecule has 1 aliphatic rings. The molecular weight excluding hydrogens is 252 g/mol. The zero-order valence-corrected chi connectivity index (χ0v) is 11.4. The van der Waals surface area contributed by atoms with Gasteiger partial charge in [-0.05, 0) is 30.6 Å². The molecule has 0 aliphatic carbocycles. The average molecular weight is 268 g/mol. The van der Waals surface area contributed by atoms with Gasteiger partial charge in [-0.15, -0.1) is 12.6 Å². The van der Waals surface area contributed by atoms with E-state index >= 15 is 0 Å². The predicted molar refractivity (Wildman–Crippen MR) is 76.6 cm³/mol. The number of benzene rings is 1. The van der Waals surface area contributed by atoms with E-state index in [2.05, 4.69) is 17.9 Å². The molecule has 0 aromatic heterocycles. The van der Waals surface area contributed by atoms with Crippen LogP contribution in [0, 0.1) is 0 Å². The van der Waals surface area contributed by atoms with Crippen molar-refractivity contribution in [3.63, 3.8) is 0 Å². The normalized spacial score (nSPS) is 24.4. The van der Waals surface area contributed by atoms with Crippen LogP contribution in [-0.2, 0) is 4.79 Å². The summed E-state index contributed by atoms with van der Waals surface area (Å²) in [4.78, 5) is 13.9. The molecule has 0 radical (unpaired) electrons. The molecule has 5 heteroatoms. The lowest BCUT2D eigenvalue weighted by Gasteiger charge is -2.19. The molecule has 3 nitrogen and oxygen atoms in total. The molecule has 2 rings (SSSR count). The van der Waals surface area contributed by atoms with Crippen LogP contribution >= 0.6 is 24.4 Å². The molecule has 1 amide bonds. The minimum atomic E-state index is -0.225. The average Bonchev–Trinajstić information content (AvgIpc) is 2.63. The maximum Gasteiger partial charge on any atom is 0.246 e. The first-order chi connectivity index (χ1) is 8.24. The molecule has 0 spiro atoms. The van der Waals surface area contributed by atoms with Gasteiger partial charge in [0.05, 0.1) is 6.04 Å². The number of hydrogen-bond acceptors (Lipinski definition) is 4. The van der Waals surface area contributed by atoms with Gasteiger partial charge in [-0.1, -0.05) is 18.2 Å². The standard InChI is InChI=1S/C12H16N2OS2/c1-17-8-7-10-11(15)14(12(16)13-10)9-5-3-2-4-6-9/h2-6,10,12-13,16H,7-8H2,1H3. The van der Waals surface area contributed by atoms with Crippen LogP contribution in [0.3, 0.4) is 0 Å². The number of thioether (sulfide) groups is 1. The van der Waals surface area contributed by atoms with E-state index in [9.17, 15) is 4.79 Å². The van der Waals surface area contributed by atoms with E-state index in [1.807, 2.05) is 36.6 Å². The SMILES string of the molecule is CSCCC1NC(S)N(c2ccccc2)C1=O. The molecule has 1 saturated heterocycles. The number of hydrogen-bond donors (Lipinski definition) is 2. The molecular formula is C12H16N2OS2. The third-order valence-electron chi connectivity index (χ3n) is 2.78. The van der Waals surface area contributed by atoms with E-state index in [1.165, 1.54) is 0 Å². The number of amides is 1. The van der Waals surface area contributed by atoms with Crippen LogP contribution in [0.25, 0.3) is 0 Å². The summed E-state index contributed by atoms with van der Waals surface area (Å²) in [6.45, 7) is 0. The number of thiol groups is 1. The molecule has 17 heavy (non-hydrogen) atoms. The Kier molecular flexibility index (Phi) is 4.36. The topological polar surface area (TPSA) is 32.3 Å². The molecule has 1 heterocycles. The van der Waals surface area contributed by atoms with Crippen LogP contribution in [0.15, 0.2) is 30.3 Å². The highest BCUT2D eigenvalue weighted by Gasteiger charge is 2.37. The minimum Gasteiger partial charge on any atom is -0.286 e. The number of nitrogens with one attached hydrogen (secondary N) is 1. The summed E-state index contributed by atoms with van der Waals surface area (Å²) >= 11 is 6.18. The molecule has 1 aliphatic heterocycles. The highest BCUT2D eigenvalue weighted by molar-refractivity contribution is 7.98. The summed E-state index contributed by atoms with van der Waals surface area (Å²) in [6.07, 6.45) is 2.90. The fourth-order valence-corrected chi connectivity index (χ4v) is 2.81. The van der Waals surface area contributed by atoms with Gasteiger partial charge < -0.3 is 0 Å². The number of rotatable bonds is 4. The zero-order valence-electron chi connectivity index (χ0n) is 9.67. The van der Waals surface area contributed by atoms with E-state index in [0.29, 0.717) is 0 Å². The maximum absolute atomic E-state index is 12.2. The Labute approximate surface area is 111 Å². The molecule has 2 unspecified atom stereocenters. The number of carbonyl (C=O) groups is 1. The Morgan fingerprint density at radius 3 is 2.76 bits per heavy atom. The molecule has 92 valence electrons. The third kappa shape index (κ3) is 2.78. The van der Waals surface area contributed by atoms with Crippen LogP contribution in [0.4, 0.5) is 5.69 Å². The summed E-state index contributed by atoms with van der Waals surface area (Å²) in [7, 11) is 0. The van der Waals surface area contributed by atoms with Gasteiger partial charge in [0.1, 0.15) is 5.50 Å². The van der Waals surface area contributed by atoms with Gasteiger partial charge in [0.15, 0.2) is 0 Å². The van der Waals surface area contributed by atoms with Gasteiger partial charge in [-0.2, -0.15) is 11.8 Å². The lowest BCUT2D eigenvalue weighted by atomic mass is 10.2. The van der Waals surface area contributed by atoms with Gasteiger partial charge >= 0.3 is 0 Å². The second kappa shape index (κ2) is 5.80. The van der Waals surface area contributed by atoms with E-state index in [4.69, 9.17) is 0 Å². The van der Waals surface area contributed by atoms with Crippen molar-refractivity contribution in [2.24, 2.45) is 0 Å². The summed E-state index contributed by atoms with van der Waals surface area (Å²) < 4.78 is 0. The first kappa shape index (κ1) is 12.8. The Balaban J connectivity index is 2.12. The van der Waals surface area contributed by atoms with Crippen molar-refractivity contribution >= 4 is 36.0 Å². The highest BCUT2D eigenvalue weighted by Crippen LogP contribution is 2.24. The fourth-order valence-electron chi connectivity index (χ4n) is 1.91. The van der Waals surface area contributed by atoms with E-state index in [-0.39, 0.29) is 17.4 Å². The van der Waals surface area contributed by atoms with E-state index in [0.717, 1.165) is 17.9 Å². The van der Waals surface area contributed by atoms with Gasteiger partial charge in [-0.25, -0.2) is 0 Å². The number of carbonyl (C=O) groups excluding carboxylic acids is 1. The summed E-state index contributed by atoms with van der Waals surface area (Å²) in [6, 6.07) is 9.55. The molecule has 1 aromatic carbocycles. The van der Waals surface area contributed by atoms with Gasteiger partial charge in [0, 0.05) is 5.69 Å². The fraction of sp³-hybridized carbons (Fsp3) is 0.417. The van der Waals surface area contributed by atoms with Crippen molar-refractivity contribution in [3.05, 3.63) is 30.3 Å². The Morgan fingerprint density at radius 1 is 1.41 bits per heavy atom. The second-order valence-corrected chi connectivity index (χ2v) is 5.39. The van der Waals surface area contributed by atoms with Gasteiger partial charge in [0.25, 0.3) is 0 Å². The Bertz CT molecular complexity index is 385. The molecule has 0 bridgehead atoms. The van der Waals surface area contributed by atoms with Crippen molar-refractivity contribution in [1.29, 1.82) is 0 Å². The summed E-state index contributed by atoms with van der Waals surface area (Å²) in [5.74, 6) is 1.09. The van der Waals surface area contributed by atoms with Crippen LogP contribution in [-0.4, -0.2) is 29.5 Å². The number of nitrogens with zero attached hydrogens (tertiary/aromatic N) is 1. The first-order valence-electron chi connectivity index (χ1n) is 5.55. The van der Waals surface area contributed by atoms with Crippen LogP contribution in [0.2, 0.25) is 0 Å². The van der Waals surface area contributed by atoms with E-state index < -0.39 is 0 Å². The summed E-state index contributed by atoms with van der Waals surface area (Å²) in [5, 5.41) is 3.21. The van der Waals surface area contributed by atoms with Crippen molar-refractivity contribution in [2.45, 2.75) is 18.0 Å². The molecule has 1 aromatic rings. The van der Waals surface area contributed by atoms with Crippen LogP contribution in [0.5, 0.6) is 0 Å². The van der Waals surface area contributed by atoms with Gasteiger partial charge in [-0.3, -0.25) is 15.0 Å². The second-order valence-electron chi connectivity index (χ2n) is 3.92. The van der Waals surface area contributed by atoms with Crippen LogP contribution < -0.4 is 10.2 Å². The summed E-state index contributed by atoms with van der Waals surface area (Å²) in [5.41, 5.74) is 0.674. The number of anilines is 1. The molecule has 2 atom stereocenters. The quantitative estimate of drug-likeness (QED) is 0.819. The first-order valence-corrected chi connectivity index (χ1v) is 7.46. The largest absolute Gasteiger partial charge is 0.286 e. The maximum atomic E-state index is 12.2. The lowest BCUT2D eigenvalue weighted by molar-refractivity contribution is -0.118. The predicted octanol–water partition coefficient (Wildman–Crippen LogP) is 1.96. The Hall–Kier alpha value is -0.650. The van der Waals surface area contributed by atoms with E-state index in [1.54, 1.807) is 16.7 Å². The number of para-hydroxylation sites is 1. The van der Waals surface area contributed by atoms with Gasteiger partial charge in [0.2, 0.25) is 5.91 Å². The minimum absolute atomic E-state index is 0.106. The van der Waals surface area contributed by atoms with Crippen molar-refractivity contribution in [2.75, 3.05) is 16.9 Å². The lowest BCUT2D eigenvalue weighted by Crippen LogP contribution is -2.32. The zero-order chi connectivity index (χ0) is 12.3. The Morgan fingerprint density at radius 2 is 2.12 bits per heavy atom. The van der Waals surface area contributed by atoms with Crippen LogP contribution in [0.1, 0.15) is 6.42 Å². The highest BCUT2D eigenvalue weighted by atomic mass is 32.2. The molecule has 1 fully saturated rings. The van der Waals surface area contributed by atoms with Crippen molar-refractivity contribution in [1.82, 2.24) is 5.32 Å². The van der Waals surface area contributed by atoms with Crippen molar-refractivity contribution in [3.8, 4) is 0 Å².